The van der Waals surface area contributed by atoms with Crippen molar-refractivity contribution in [3.05, 3.63) is 183 Å². The normalized spacial score (nSPS) is 12.1. The molecule has 0 spiro atoms. The van der Waals surface area contributed by atoms with Crippen LogP contribution in [0.3, 0.4) is 0 Å². The number of aromatic nitrogens is 4. The Morgan fingerprint density at radius 2 is 0.958 bits per heavy atom. The molecule has 48 heavy (non-hydrogen) atoms. The molecule has 1 aliphatic heterocycles. The van der Waals surface area contributed by atoms with E-state index in [2.05, 4.69) is 160 Å². The van der Waals surface area contributed by atoms with Crippen molar-refractivity contribution >= 4 is 40.2 Å². The molecular weight excluding hydrogens is 585 g/mol. The number of nitrogens with zero attached hydrogens (tertiary/aromatic N) is 5. The van der Waals surface area contributed by atoms with Gasteiger partial charge in [-0.05, 0) is 65.5 Å². The van der Waals surface area contributed by atoms with E-state index in [1.165, 1.54) is 22.1 Å². The highest BCUT2D eigenvalue weighted by atomic mass is 15.2. The Labute approximate surface area is 280 Å². The van der Waals surface area contributed by atoms with Crippen molar-refractivity contribution in [1.82, 2.24) is 19.1 Å². The Bertz CT molecular complexity index is 2360. The van der Waals surface area contributed by atoms with Crippen molar-refractivity contribution < 1.29 is 0 Å². The summed E-state index contributed by atoms with van der Waals surface area (Å²) < 4.78 is 4.31. The molecule has 0 aliphatic carbocycles. The van der Waals surface area contributed by atoms with Crippen LogP contribution in [-0.2, 0) is 0 Å². The number of para-hydroxylation sites is 4. The zero-order valence-electron chi connectivity index (χ0n) is 26.1. The molecule has 226 valence electrons. The average Bonchev–Trinajstić information content (AvgIpc) is 3.86. The van der Waals surface area contributed by atoms with Crippen LogP contribution in [0.2, 0.25) is 0 Å². The number of hydrogen-bond acceptors (Lipinski definition) is 3. The van der Waals surface area contributed by atoms with Gasteiger partial charge < -0.3 is 4.90 Å². The van der Waals surface area contributed by atoms with E-state index < -0.39 is 0 Å². The fourth-order valence-corrected chi connectivity index (χ4v) is 7.06. The van der Waals surface area contributed by atoms with Crippen molar-refractivity contribution in [2.75, 3.05) is 4.90 Å². The SMILES string of the molecule is c1ccc(N2c3ccccc3B(c3cccc(-c4nccn4-c4ccccc4)c3)c3cc(-c4nccn4-c4ccccc4)ccc32)cc1. The fourth-order valence-electron chi connectivity index (χ4n) is 7.06. The molecule has 0 saturated carbocycles. The molecule has 6 heteroatoms. The standard InChI is InChI=1S/C42H30BN5/c1-4-15-34(16-5-1)46-27-25-44-41(46)31-13-12-14-33(29-31)43-37-21-10-11-22-39(37)48(36-19-8-3-9-20-36)40-24-23-32(30-38(40)43)42-45-26-28-47(42)35-17-6-2-7-18-35/h1-30H. The van der Waals surface area contributed by atoms with Crippen molar-refractivity contribution in [2.45, 2.75) is 0 Å². The lowest BCUT2D eigenvalue weighted by atomic mass is 9.35. The first-order chi connectivity index (χ1) is 23.8. The van der Waals surface area contributed by atoms with Crippen LogP contribution in [0.1, 0.15) is 0 Å². The third kappa shape index (κ3) is 4.74. The molecule has 0 fully saturated rings. The number of hydrogen-bond donors (Lipinski definition) is 0. The second-order valence-electron chi connectivity index (χ2n) is 12.0. The van der Waals surface area contributed by atoms with Gasteiger partial charge in [0.25, 0.3) is 0 Å². The molecule has 1 aliphatic rings. The van der Waals surface area contributed by atoms with Gasteiger partial charge in [-0.3, -0.25) is 9.13 Å². The summed E-state index contributed by atoms with van der Waals surface area (Å²) in [5.74, 6) is 1.82. The quantitative estimate of drug-likeness (QED) is 0.180. The van der Waals surface area contributed by atoms with Crippen molar-refractivity contribution in [3.63, 3.8) is 0 Å². The number of benzene rings is 6. The average molecular weight is 616 g/mol. The van der Waals surface area contributed by atoms with Gasteiger partial charge >= 0.3 is 0 Å². The van der Waals surface area contributed by atoms with E-state index in [9.17, 15) is 0 Å². The maximum atomic E-state index is 4.86. The Hall–Kier alpha value is -6.40. The van der Waals surface area contributed by atoms with Gasteiger partial charge in [0.2, 0.25) is 6.71 Å². The lowest BCUT2D eigenvalue weighted by Gasteiger charge is -2.37. The van der Waals surface area contributed by atoms with Gasteiger partial charge in [0, 0.05) is 64.4 Å². The second-order valence-corrected chi connectivity index (χ2v) is 12.0. The van der Waals surface area contributed by atoms with E-state index in [1.54, 1.807) is 0 Å². The van der Waals surface area contributed by atoms with Crippen LogP contribution in [0.15, 0.2) is 183 Å². The zero-order valence-corrected chi connectivity index (χ0v) is 26.1. The molecule has 5 nitrogen and oxygen atoms in total. The number of fused-ring (bicyclic) bond motifs is 2. The molecule has 0 unspecified atom stereocenters. The first-order valence-corrected chi connectivity index (χ1v) is 16.2. The number of rotatable bonds is 6. The van der Waals surface area contributed by atoms with Crippen LogP contribution in [0, 0.1) is 0 Å². The lowest BCUT2D eigenvalue weighted by Crippen LogP contribution is -2.57. The van der Waals surface area contributed by atoms with Crippen molar-refractivity contribution in [3.8, 4) is 34.2 Å². The first-order valence-electron chi connectivity index (χ1n) is 16.2. The summed E-state index contributed by atoms with van der Waals surface area (Å²) in [6, 6.07) is 55.9. The molecular formula is C42H30BN5. The molecule has 0 atom stereocenters. The predicted octanol–water partition coefficient (Wildman–Crippen LogP) is 7.69. The van der Waals surface area contributed by atoms with Crippen LogP contribution >= 0.6 is 0 Å². The highest BCUT2D eigenvalue weighted by Gasteiger charge is 2.35. The number of imidazole rings is 2. The first kappa shape index (κ1) is 27.9. The van der Waals surface area contributed by atoms with Gasteiger partial charge in [-0.15, -0.1) is 0 Å². The monoisotopic (exact) mass is 615 g/mol. The second kappa shape index (κ2) is 11.8. The minimum absolute atomic E-state index is 0.0173. The van der Waals surface area contributed by atoms with Crippen LogP contribution in [0.25, 0.3) is 34.2 Å². The van der Waals surface area contributed by atoms with Gasteiger partial charge in [-0.2, -0.15) is 0 Å². The smallest absolute Gasteiger partial charge is 0.246 e. The maximum absolute atomic E-state index is 4.86. The predicted molar refractivity (Wildman–Crippen MR) is 197 cm³/mol. The van der Waals surface area contributed by atoms with Crippen LogP contribution in [0.5, 0.6) is 0 Å². The van der Waals surface area contributed by atoms with E-state index in [0.717, 1.165) is 45.5 Å². The van der Waals surface area contributed by atoms with E-state index in [4.69, 9.17) is 9.97 Å². The minimum atomic E-state index is -0.0173. The summed E-state index contributed by atoms with van der Waals surface area (Å²) in [7, 11) is 0. The summed E-state index contributed by atoms with van der Waals surface area (Å²) in [6.07, 6.45) is 7.81. The minimum Gasteiger partial charge on any atom is -0.312 e. The molecule has 2 aromatic heterocycles. The highest BCUT2D eigenvalue weighted by molar-refractivity contribution is 6.98. The summed E-state index contributed by atoms with van der Waals surface area (Å²) >= 11 is 0. The maximum Gasteiger partial charge on any atom is 0.246 e. The van der Waals surface area contributed by atoms with Crippen LogP contribution in [-0.4, -0.2) is 25.8 Å². The topological polar surface area (TPSA) is 38.9 Å². The van der Waals surface area contributed by atoms with E-state index >= 15 is 0 Å². The van der Waals surface area contributed by atoms with Gasteiger partial charge in [-0.25, -0.2) is 9.97 Å². The molecule has 0 saturated heterocycles. The zero-order chi connectivity index (χ0) is 31.9. The molecule has 0 N–H and O–H groups in total. The van der Waals surface area contributed by atoms with Gasteiger partial charge in [0.15, 0.2) is 0 Å². The van der Waals surface area contributed by atoms with Gasteiger partial charge in [0.1, 0.15) is 11.6 Å². The summed E-state index contributed by atoms with van der Waals surface area (Å²) in [6.45, 7) is -0.0173. The lowest BCUT2D eigenvalue weighted by molar-refractivity contribution is 1.07. The van der Waals surface area contributed by atoms with Crippen LogP contribution in [0.4, 0.5) is 17.1 Å². The van der Waals surface area contributed by atoms with E-state index in [0.29, 0.717) is 0 Å². The summed E-state index contributed by atoms with van der Waals surface area (Å²) in [5, 5.41) is 0. The van der Waals surface area contributed by atoms with Crippen molar-refractivity contribution in [1.29, 1.82) is 0 Å². The molecule has 8 aromatic rings. The molecule has 0 radical (unpaired) electrons. The molecule has 0 bridgehead atoms. The Morgan fingerprint density at radius 1 is 0.417 bits per heavy atom. The third-order valence-electron chi connectivity index (χ3n) is 9.17. The Morgan fingerprint density at radius 3 is 1.60 bits per heavy atom. The third-order valence-corrected chi connectivity index (χ3v) is 9.17. The Balaban J connectivity index is 1.24. The summed E-state index contributed by atoms with van der Waals surface area (Å²) in [4.78, 5) is 12.1. The number of anilines is 3. The summed E-state index contributed by atoms with van der Waals surface area (Å²) in [5.41, 5.74) is 11.4. The van der Waals surface area contributed by atoms with E-state index in [1.807, 2.05) is 36.9 Å². The fraction of sp³-hybridized carbons (Fsp3) is 0. The molecule has 9 rings (SSSR count). The van der Waals surface area contributed by atoms with Gasteiger partial charge in [0.05, 0.1) is 0 Å². The molecule has 0 amide bonds. The highest BCUT2D eigenvalue weighted by Crippen LogP contribution is 2.37. The van der Waals surface area contributed by atoms with Gasteiger partial charge in [-0.1, -0.05) is 109 Å². The molecule has 6 aromatic carbocycles. The Kier molecular flexibility index (Phi) is 6.83. The van der Waals surface area contributed by atoms with E-state index in [-0.39, 0.29) is 6.71 Å². The van der Waals surface area contributed by atoms with Crippen LogP contribution < -0.4 is 21.3 Å². The molecule has 3 heterocycles. The van der Waals surface area contributed by atoms with Crippen molar-refractivity contribution in [2.24, 2.45) is 0 Å². The largest absolute Gasteiger partial charge is 0.312 e.